The molecule has 2 aromatic carbocycles. The Kier molecular flexibility index (Phi) is 5.76. The molecule has 0 spiro atoms. The van der Waals surface area contributed by atoms with E-state index in [2.05, 4.69) is 0 Å². The van der Waals surface area contributed by atoms with Gasteiger partial charge in [0.1, 0.15) is 11.5 Å². The van der Waals surface area contributed by atoms with Crippen molar-refractivity contribution < 1.29 is 19.2 Å². The van der Waals surface area contributed by atoms with E-state index in [1.807, 2.05) is 0 Å². The van der Waals surface area contributed by atoms with Gasteiger partial charge in [0.15, 0.2) is 10.1 Å². The standard InChI is InChI=1S/C20H10Cl2N2O5S2/c21-13-4-2-11(8-14(13)22)23-19(26)18(31-20(23)30)9-12-3-6-17(29-12)10-1-5-16(25)15(7-10)24(27)28/h1-9,25H. The van der Waals surface area contributed by atoms with Gasteiger partial charge in [-0.3, -0.25) is 19.8 Å². The van der Waals surface area contributed by atoms with Gasteiger partial charge >= 0.3 is 5.69 Å². The number of hydrogen-bond donors (Lipinski definition) is 1. The maximum absolute atomic E-state index is 12.9. The summed E-state index contributed by atoms with van der Waals surface area (Å²) in [7, 11) is 0. The topological polar surface area (TPSA) is 96.8 Å². The summed E-state index contributed by atoms with van der Waals surface area (Å²) < 4.78 is 6.05. The summed E-state index contributed by atoms with van der Waals surface area (Å²) in [4.78, 5) is 24.9. The number of anilines is 1. The van der Waals surface area contributed by atoms with Gasteiger partial charge in [0.2, 0.25) is 0 Å². The van der Waals surface area contributed by atoms with Gasteiger partial charge in [0.05, 0.1) is 25.6 Å². The van der Waals surface area contributed by atoms with E-state index in [9.17, 15) is 20.0 Å². The summed E-state index contributed by atoms with van der Waals surface area (Å²) in [6.45, 7) is 0. The maximum Gasteiger partial charge on any atom is 0.311 e. The van der Waals surface area contributed by atoms with Crippen LogP contribution < -0.4 is 4.90 Å². The van der Waals surface area contributed by atoms with Crippen LogP contribution in [0.25, 0.3) is 17.4 Å². The van der Waals surface area contributed by atoms with E-state index in [1.165, 1.54) is 29.2 Å². The van der Waals surface area contributed by atoms with Crippen LogP contribution in [0.2, 0.25) is 10.0 Å². The molecular weight excluding hydrogens is 483 g/mol. The van der Waals surface area contributed by atoms with Gasteiger partial charge in [-0.05, 0) is 42.5 Å². The van der Waals surface area contributed by atoms with E-state index in [0.29, 0.717) is 42.0 Å². The first-order valence-electron chi connectivity index (χ1n) is 8.55. The fraction of sp³-hybridized carbons (Fsp3) is 0. The number of aromatic hydroxyl groups is 1. The molecule has 1 fully saturated rings. The molecule has 2 heterocycles. The number of amides is 1. The molecule has 7 nitrogen and oxygen atoms in total. The quantitative estimate of drug-likeness (QED) is 0.198. The Hall–Kier alpha value is -2.85. The fourth-order valence-electron chi connectivity index (χ4n) is 2.85. The van der Waals surface area contributed by atoms with E-state index >= 15 is 0 Å². The molecule has 1 aliphatic heterocycles. The van der Waals surface area contributed by atoms with Crippen LogP contribution in [0, 0.1) is 10.1 Å². The number of furan rings is 1. The first-order valence-corrected chi connectivity index (χ1v) is 10.5. The van der Waals surface area contributed by atoms with Crippen molar-refractivity contribution in [2.24, 2.45) is 0 Å². The van der Waals surface area contributed by atoms with E-state index in [0.717, 1.165) is 11.8 Å². The molecule has 31 heavy (non-hydrogen) atoms. The second kappa shape index (κ2) is 8.35. The highest BCUT2D eigenvalue weighted by Crippen LogP contribution is 2.39. The van der Waals surface area contributed by atoms with Crippen LogP contribution in [0.1, 0.15) is 5.76 Å². The number of nitro groups is 1. The number of phenols is 1. The number of nitro benzene ring substituents is 1. The van der Waals surface area contributed by atoms with Gasteiger partial charge in [-0.15, -0.1) is 0 Å². The van der Waals surface area contributed by atoms with E-state index in [1.54, 1.807) is 30.3 Å². The van der Waals surface area contributed by atoms with Crippen molar-refractivity contribution in [2.45, 2.75) is 0 Å². The first kappa shape index (κ1) is 21.4. The Balaban J connectivity index is 1.62. The molecule has 0 atom stereocenters. The molecule has 11 heteroatoms. The lowest BCUT2D eigenvalue weighted by molar-refractivity contribution is -0.385. The summed E-state index contributed by atoms with van der Waals surface area (Å²) >= 11 is 18.4. The zero-order valence-corrected chi connectivity index (χ0v) is 18.4. The molecule has 4 rings (SSSR count). The Labute approximate surface area is 195 Å². The van der Waals surface area contributed by atoms with Gasteiger partial charge in [-0.2, -0.15) is 0 Å². The number of nitrogens with zero attached hydrogens (tertiary/aromatic N) is 2. The van der Waals surface area contributed by atoms with Gasteiger partial charge in [-0.25, -0.2) is 0 Å². The van der Waals surface area contributed by atoms with Crippen LogP contribution >= 0.6 is 47.2 Å². The second-order valence-corrected chi connectivity index (χ2v) is 8.77. The third-order valence-electron chi connectivity index (χ3n) is 4.31. The lowest BCUT2D eigenvalue weighted by Crippen LogP contribution is -2.27. The minimum absolute atomic E-state index is 0.302. The predicted molar refractivity (Wildman–Crippen MR) is 125 cm³/mol. The lowest BCUT2D eigenvalue weighted by atomic mass is 10.1. The van der Waals surface area contributed by atoms with Crippen LogP contribution in [0.5, 0.6) is 5.75 Å². The number of hydrogen-bond acceptors (Lipinski definition) is 7. The third kappa shape index (κ3) is 4.17. The van der Waals surface area contributed by atoms with Crippen LogP contribution in [0.4, 0.5) is 11.4 Å². The Morgan fingerprint density at radius 1 is 1.13 bits per heavy atom. The van der Waals surface area contributed by atoms with Crippen LogP contribution in [0.15, 0.2) is 57.9 Å². The molecule has 1 amide bonds. The molecule has 156 valence electrons. The average Bonchev–Trinajstić information content (AvgIpc) is 3.29. The summed E-state index contributed by atoms with van der Waals surface area (Å²) in [5.41, 5.74) is 0.474. The fourth-order valence-corrected chi connectivity index (χ4v) is 4.42. The number of halogens is 2. The molecule has 1 saturated heterocycles. The second-order valence-electron chi connectivity index (χ2n) is 6.28. The van der Waals surface area contributed by atoms with Gasteiger partial charge < -0.3 is 9.52 Å². The maximum atomic E-state index is 12.9. The predicted octanol–water partition coefficient (Wildman–Crippen LogP) is 6.27. The molecule has 0 saturated carbocycles. The SMILES string of the molecule is O=C1C(=Cc2ccc(-c3ccc(O)c([N+](=O)[O-])c3)o2)SC(=S)N1c1ccc(Cl)c(Cl)c1. The molecule has 0 unspecified atom stereocenters. The number of carbonyl (C=O) groups excluding carboxylic acids is 1. The number of phenolic OH excluding ortho intramolecular Hbond substituents is 1. The zero-order chi connectivity index (χ0) is 22.3. The van der Waals surface area contributed by atoms with Crippen molar-refractivity contribution in [3.05, 3.63) is 79.4 Å². The van der Waals surface area contributed by atoms with Crippen molar-refractivity contribution in [3.8, 4) is 17.1 Å². The first-order chi connectivity index (χ1) is 14.7. The van der Waals surface area contributed by atoms with Crippen molar-refractivity contribution in [3.63, 3.8) is 0 Å². The molecule has 1 aromatic heterocycles. The Bertz CT molecular complexity index is 1290. The molecule has 0 radical (unpaired) electrons. The summed E-state index contributed by atoms with van der Waals surface area (Å²) in [6.07, 6.45) is 1.54. The molecule has 3 aromatic rings. The highest BCUT2D eigenvalue weighted by atomic mass is 35.5. The lowest BCUT2D eigenvalue weighted by Gasteiger charge is -2.15. The number of thioether (sulfide) groups is 1. The van der Waals surface area contributed by atoms with Crippen LogP contribution in [0.3, 0.4) is 0 Å². The van der Waals surface area contributed by atoms with Gasteiger partial charge in [-0.1, -0.05) is 47.2 Å². The highest BCUT2D eigenvalue weighted by molar-refractivity contribution is 8.27. The normalized spacial score (nSPS) is 15.2. The van der Waals surface area contributed by atoms with E-state index in [-0.39, 0.29) is 5.91 Å². The van der Waals surface area contributed by atoms with Crippen molar-refractivity contribution >= 4 is 74.9 Å². The van der Waals surface area contributed by atoms with Crippen LogP contribution in [-0.4, -0.2) is 20.3 Å². The summed E-state index contributed by atoms with van der Waals surface area (Å²) in [5.74, 6) is -0.0761. The smallest absolute Gasteiger partial charge is 0.311 e. The van der Waals surface area contributed by atoms with Gasteiger partial charge in [0.25, 0.3) is 5.91 Å². The summed E-state index contributed by atoms with van der Waals surface area (Å²) in [6, 6.07) is 11.9. The van der Waals surface area contributed by atoms with Crippen molar-refractivity contribution in [1.29, 1.82) is 0 Å². The minimum atomic E-state index is -0.683. The molecule has 0 aliphatic carbocycles. The number of rotatable bonds is 4. The van der Waals surface area contributed by atoms with Crippen molar-refractivity contribution in [1.82, 2.24) is 0 Å². The Morgan fingerprint density at radius 2 is 1.90 bits per heavy atom. The largest absolute Gasteiger partial charge is 0.502 e. The minimum Gasteiger partial charge on any atom is -0.502 e. The summed E-state index contributed by atoms with van der Waals surface area (Å²) in [5, 5.41) is 21.3. The van der Waals surface area contributed by atoms with Gasteiger partial charge in [0, 0.05) is 17.7 Å². The van der Waals surface area contributed by atoms with Crippen molar-refractivity contribution in [2.75, 3.05) is 4.90 Å². The monoisotopic (exact) mass is 492 g/mol. The van der Waals surface area contributed by atoms with E-state index in [4.69, 9.17) is 39.8 Å². The third-order valence-corrected chi connectivity index (χ3v) is 6.35. The molecule has 1 N–H and O–H groups in total. The average molecular weight is 493 g/mol. The number of thiocarbonyl (C=S) groups is 1. The molecule has 0 bridgehead atoms. The van der Waals surface area contributed by atoms with Crippen LogP contribution in [-0.2, 0) is 4.79 Å². The zero-order valence-electron chi connectivity index (χ0n) is 15.2. The number of benzene rings is 2. The molecule has 1 aliphatic rings. The highest BCUT2D eigenvalue weighted by Gasteiger charge is 2.34. The molecular formula is C20H10Cl2N2O5S2. The van der Waals surface area contributed by atoms with E-state index < -0.39 is 16.4 Å². The number of carbonyl (C=O) groups is 1. The Morgan fingerprint density at radius 3 is 2.61 bits per heavy atom.